The SMILES string of the molecule is CCNC(=NCc1ccccc1CN1CCCC1=O)N(C)Cc1csc(C)n1. The van der Waals surface area contributed by atoms with E-state index in [1.807, 2.05) is 31.0 Å². The average molecular weight is 400 g/mol. The number of nitrogens with zero attached hydrogens (tertiary/aromatic N) is 4. The summed E-state index contributed by atoms with van der Waals surface area (Å²) >= 11 is 1.67. The molecule has 1 aromatic carbocycles. The minimum absolute atomic E-state index is 0.255. The van der Waals surface area contributed by atoms with Crippen LogP contribution >= 0.6 is 11.3 Å². The van der Waals surface area contributed by atoms with Crippen molar-refractivity contribution in [3.05, 3.63) is 51.5 Å². The first-order valence-electron chi connectivity index (χ1n) is 9.82. The van der Waals surface area contributed by atoms with E-state index in [-0.39, 0.29) is 5.91 Å². The molecule has 1 amide bonds. The number of aryl methyl sites for hydroxylation is 1. The zero-order chi connectivity index (χ0) is 19.9. The quantitative estimate of drug-likeness (QED) is 0.574. The second-order valence-corrected chi connectivity index (χ2v) is 8.13. The first-order chi connectivity index (χ1) is 13.6. The zero-order valence-corrected chi connectivity index (χ0v) is 17.8. The molecule has 150 valence electrons. The third-order valence-electron chi connectivity index (χ3n) is 4.81. The molecule has 7 heteroatoms. The highest BCUT2D eigenvalue weighted by atomic mass is 32.1. The van der Waals surface area contributed by atoms with Gasteiger partial charge in [-0.2, -0.15) is 0 Å². The summed E-state index contributed by atoms with van der Waals surface area (Å²) in [6.45, 7) is 7.74. The minimum atomic E-state index is 0.255. The number of likely N-dealkylation sites (tertiary alicyclic amines) is 1. The number of hydrogen-bond acceptors (Lipinski definition) is 4. The lowest BCUT2D eigenvalue weighted by Crippen LogP contribution is -2.38. The van der Waals surface area contributed by atoms with Gasteiger partial charge in [0, 0.05) is 38.5 Å². The molecular weight excluding hydrogens is 370 g/mol. The highest BCUT2D eigenvalue weighted by molar-refractivity contribution is 7.09. The minimum Gasteiger partial charge on any atom is -0.357 e. The third kappa shape index (κ3) is 5.32. The zero-order valence-electron chi connectivity index (χ0n) is 16.9. The number of guanidine groups is 1. The van der Waals surface area contributed by atoms with Crippen molar-refractivity contribution in [2.75, 3.05) is 20.1 Å². The summed E-state index contributed by atoms with van der Waals surface area (Å²) in [6, 6.07) is 8.28. The van der Waals surface area contributed by atoms with Gasteiger partial charge in [-0.1, -0.05) is 24.3 Å². The first kappa shape index (κ1) is 20.3. The van der Waals surface area contributed by atoms with Crippen molar-refractivity contribution in [1.29, 1.82) is 0 Å². The van der Waals surface area contributed by atoms with Crippen LogP contribution in [0, 0.1) is 6.92 Å². The molecule has 0 spiro atoms. The van der Waals surface area contributed by atoms with E-state index in [0.717, 1.165) is 48.3 Å². The topological polar surface area (TPSA) is 60.8 Å². The molecule has 0 unspecified atom stereocenters. The number of amides is 1. The molecule has 6 nitrogen and oxygen atoms in total. The lowest BCUT2D eigenvalue weighted by molar-refractivity contribution is -0.128. The number of benzene rings is 1. The lowest BCUT2D eigenvalue weighted by atomic mass is 10.1. The highest BCUT2D eigenvalue weighted by Crippen LogP contribution is 2.18. The second-order valence-electron chi connectivity index (χ2n) is 7.07. The molecule has 1 N–H and O–H groups in total. The van der Waals surface area contributed by atoms with Gasteiger partial charge in [0.25, 0.3) is 0 Å². The van der Waals surface area contributed by atoms with Crippen LogP contribution in [-0.4, -0.2) is 46.8 Å². The van der Waals surface area contributed by atoms with E-state index in [1.165, 1.54) is 5.56 Å². The van der Waals surface area contributed by atoms with Gasteiger partial charge in [0.15, 0.2) is 5.96 Å². The number of hydrogen-bond donors (Lipinski definition) is 1. The average Bonchev–Trinajstić information content (AvgIpc) is 3.27. The van der Waals surface area contributed by atoms with Gasteiger partial charge in [-0.3, -0.25) is 4.79 Å². The molecule has 1 aromatic heterocycles. The van der Waals surface area contributed by atoms with Gasteiger partial charge in [-0.05, 0) is 31.4 Å². The van der Waals surface area contributed by atoms with Gasteiger partial charge in [-0.25, -0.2) is 9.98 Å². The number of aromatic nitrogens is 1. The number of nitrogens with one attached hydrogen (secondary N) is 1. The fraction of sp³-hybridized carbons (Fsp3) is 0.476. The summed E-state index contributed by atoms with van der Waals surface area (Å²) in [5.74, 6) is 1.12. The van der Waals surface area contributed by atoms with Crippen molar-refractivity contribution in [3.63, 3.8) is 0 Å². The molecule has 28 heavy (non-hydrogen) atoms. The molecular formula is C21H29N5OS. The van der Waals surface area contributed by atoms with E-state index in [2.05, 4.69) is 39.6 Å². The Morgan fingerprint density at radius 1 is 1.36 bits per heavy atom. The molecule has 1 aliphatic rings. The summed E-state index contributed by atoms with van der Waals surface area (Å²) in [6.07, 6.45) is 1.64. The number of aliphatic imine (C=N–C) groups is 1. The van der Waals surface area contributed by atoms with Crippen LogP contribution in [-0.2, 0) is 24.4 Å². The number of rotatable bonds is 7. The van der Waals surface area contributed by atoms with E-state index in [0.29, 0.717) is 19.5 Å². The van der Waals surface area contributed by atoms with Crippen molar-refractivity contribution in [2.45, 2.75) is 46.3 Å². The first-order valence-corrected chi connectivity index (χ1v) is 10.7. The van der Waals surface area contributed by atoms with Crippen LogP contribution in [0.15, 0.2) is 34.6 Å². The Balaban J connectivity index is 1.71. The Bertz CT molecular complexity index is 832. The third-order valence-corrected chi connectivity index (χ3v) is 5.63. The summed E-state index contributed by atoms with van der Waals surface area (Å²) in [7, 11) is 2.03. The van der Waals surface area contributed by atoms with Crippen molar-refractivity contribution in [3.8, 4) is 0 Å². The van der Waals surface area contributed by atoms with Crippen LogP contribution in [0.5, 0.6) is 0 Å². The predicted octanol–water partition coefficient (Wildman–Crippen LogP) is 3.17. The van der Waals surface area contributed by atoms with E-state index in [1.54, 1.807) is 11.3 Å². The van der Waals surface area contributed by atoms with Crippen molar-refractivity contribution < 1.29 is 4.79 Å². The summed E-state index contributed by atoms with van der Waals surface area (Å²) in [5.41, 5.74) is 3.40. The standard InChI is InChI=1S/C21H29N5OS/c1-4-22-21(25(3)14-19-15-28-16(2)24-19)23-12-17-8-5-6-9-18(17)13-26-11-7-10-20(26)27/h5-6,8-9,15H,4,7,10-14H2,1-3H3,(H,22,23). The summed E-state index contributed by atoms with van der Waals surface area (Å²) in [5, 5.41) is 6.54. The molecule has 2 aromatic rings. The van der Waals surface area contributed by atoms with E-state index in [4.69, 9.17) is 4.99 Å². The van der Waals surface area contributed by atoms with E-state index >= 15 is 0 Å². The molecule has 0 bridgehead atoms. The molecule has 0 radical (unpaired) electrons. The molecule has 0 aliphatic carbocycles. The van der Waals surface area contributed by atoms with Crippen LogP contribution in [0.3, 0.4) is 0 Å². The smallest absolute Gasteiger partial charge is 0.222 e. The Hall–Kier alpha value is -2.41. The van der Waals surface area contributed by atoms with Gasteiger partial charge in [-0.15, -0.1) is 11.3 Å². The fourth-order valence-electron chi connectivity index (χ4n) is 3.37. The van der Waals surface area contributed by atoms with Crippen LogP contribution < -0.4 is 5.32 Å². The van der Waals surface area contributed by atoms with Crippen molar-refractivity contribution in [1.82, 2.24) is 20.1 Å². The number of thiazole rings is 1. The maximum atomic E-state index is 12.0. The van der Waals surface area contributed by atoms with Gasteiger partial charge in [0.05, 0.1) is 23.8 Å². The molecule has 1 fully saturated rings. The Morgan fingerprint density at radius 3 is 2.79 bits per heavy atom. The van der Waals surface area contributed by atoms with Crippen LogP contribution in [0.1, 0.15) is 41.6 Å². The van der Waals surface area contributed by atoms with Crippen molar-refractivity contribution in [2.24, 2.45) is 4.99 Å². The maximum Gasteiger partial charge on any atom is 0.222 e. The van der Waals surface area contributed by atoms with E-state index < -0.39 is 0 Å². The Kier molecular flexibility index (Phi) is 7.03. The monoisotopic (exact) mass is 399 g/mol. The number of carbonyl (C=O) groups excluding carboxylic acids is 1. The summed E-state index contributed by atoms with van der Waals surface area (Å²) in [4.78, 5) is 25.4. The van der Waals surface area contributed by atoms with Crippen LogP contribution in [0.25, 0.3) is 0 Å². The summed E-state index contributed by atoms with van der Waals surface area (Å²) < 4.78 is 0. The lowest BCUT2D eigenvalue weighted by Gasteiger charge is -2.22. The molecule has 2 heterocycles. The maximum absolute atomic E-state index is 12.0. The van der Waals surface area contributed by atoms with E-state index in [9.17, 15) is 4.79 Å². The Labute approximate surface area is 171 Å². The molecule has 0 atom stereocenters. The number of carbonyl (C=O) groups is 1. The predicted molar refractivity (Wildman–Crippen MR) is 114 cm³/mol. The normalized spacial score (nSPS) is 14.6. The molecule has 1 aliphatic heterocycles. The molecule has 0 saturated carbocycles. The Morgan fingerprint density at radius 2 is 2.14 bits per heavy atom. The molecule has 3 rings (SSSR count). The van der Waals surface area contributed by atoms with Gasteiger partial charge < -0.3 is 15.1 Å². The molecule has 1 saturated heterocycles. The van der Waals surface area contributed by atoms with Gasteiger partial charge in [0.2, 0.25) is 5.91 Å². The highest BCUT2D eigenvalue weighted by Gasteiger charge is 2.20. The van der Waals surface area contributed by atoms with Crippen molar-refractivity contribution >= 4 is 23.2 Å². The second kappa shape index (κ2) is 9.68. The van der Waals surface area contributed by atoms with Gasteiger partial charge >= 0.3 is 0 Å². The fourth-order valence-corrected chi connectivity index (χ4v) is 3.98. The largest absolute Gasteiger partial charge is 0.357 e. The van der Waals surface area contributed by atoms with Crippen LogP contribution in [0.4, 0.5) is 0 Å². The van der Waals surface area contributed by atoms with Crippen LogP contribution in [0.2, 0.25) is 0 Å². The van der Waals surface area contributed by atoms with Gasteiger partial charge in [0.1, 0.15) is 0 Å².